The lowest BCUT2D eigenvalue weighted by Crippen LogP contribution is -2.08. The van der Waals surface area contributed by atoms with Crippen LogP contribution in [0, 0.1) is 17.0 Å². The number of nitro benzene ring substituents is 1. The van der Waals surface area contributed by atoms with Crippen LogP contribution >= 0.6 is 11.8 Å². The molecule has 0 spiro atoms. The van der Waals surface area contributed by atoms with Gasteiger partial charge in [0.2, 0.25) is 0 Å². The molecule has 0 N–H and O–H groups in total. The number of esters is 1. The van der Waals surface area contributed by atoms with Crippen molar-refractivity contribution in [2.45, 2.75) is 18.7 Å². The molecule has 3 aromatic rings. The van der Waals surface area contributed by atoms with Crippen LogP contribution in [0.2, 0.25) is 0 Å². The van der Waals surface area contributed by atoms with E-state index in [1.165, 1.54) is 23.9 Å². The molecule has 8 nitrogen and oxygen atoms in total. The molecule has 0 fully saturated rings. The zero-order valence-electron chi connectivity index (χ0n) is 14.4. The summed E-state index contributed by atoms with van der Waals surface area (Å²) in [5, 5.41) is 19.3. The molecule has 1 aromatic heterocycles. The number of benzene rings is 2. The van der Waals surface area contributed by atoms with Crippen LogP contribution in [0.1, 0.15) is 11.1 Å². The van der Waals surface area contributed by atoms with Gasteiger partial charge < -0.3 is 4.74 Å². The van der Waals surface area contributed by atoms with Crippen LogP contribution in [0.4, 0.5) is 5.69 Å². The molecule has 27 heavy (non-hydrogen) atoms. The molecule has 0 atom stereocenters. The minimum atomic E-state index is -0.487. The van der Waals surface area contributed by atoms with Gasteiger partial charge in [0, 0.05) is 17.8 Å². The number of nitro groups is 1. The van der Waals surface area contributed by atoms with Crippen LogP contribution in [0.25, 0.3) is 5.69 Å². The van der Waals surface area contributed by atoms with E-state index in [0.29, 0.717) is 10.7 Å². The monoisotopic (exact) mass is 384 g/mol. The molecule has 0 bridgehead atoms. The maximum atomic E-state index is 12.0. The zero-order valence-corrected chi connectivity index (χ0v) is 15.3. The second-order valence-electron chi connectivity index (χ2n) is 5.70. The van der Waals surface area contributed by atoms with Gasteiger partial charge in [-0.25, -0.2) is 0 Å². The van der Waals surface area contributed by atoms with Crippen LogP contribution < -0.4 is 0 Å². The Kier molecular flexibility index (Phi) is 5.82. The van der Waals surface area contributed by atoms with Crippen molar-refractivity contribution >= 4 is 23.4 Å². The third-order valence-electron chi connectivity index (χ3n) is 3.67. The van der Waals surface area contributed by atoms with Gasteiger partial charge in [0.1, 0.15) is 12.9 Å². The number of hydrogen-bond acceptors (Lipinski definition) is 7. The van der Waals surface area contributed by atoms with Gasteiger partial charge in [0.25, 0.3) is 5.69 Å². The molecule has 0 aliphatic rings. The summed E-state index contributed by atoms with van der Waals surface area (Å²) in [7, 11) is 0. The lowest BCUT2D eigenvalue weighted by molar-refractivity contribution is -0.384. The summed E-state index contributed by atoms with van der Waals surface area (Å²) in [5.74, 6) is -0.385. The highest BCUT2D eigenvalue weighted by atomic mass is 32.2. The SMILES string of the molecule is Cc1ccc(-n2cnnc2SCC(=O)OCc2cccc([N+](=O)[O-])c2)cc1. The first-order valence-corrected chi connectivity index (χ1v) is 9.00. The molecule has 0 amide bonds. The number of aromatic nitrogens is 3. The molecule has 1 heterocycles. The minimum Gasteiger partial charge on any atom is -0.460 e. The van der Waals surface area contributed by atoms with Crippen molar-refractivity contribution in [3.05, 3.63) is 76.1 Å². The van der Waals surface area contributed by atoms with Crippen LogP contribution in [0.5, 0.6) is 0 Å². The number of carbonyl (C=O) groups excluding carboxylic acids is 1. The van der Waals surface area contributed by atoms with Gasteiger partial charge in [-0.2, -0.15) is 0 Å². The van der Waals surface area contributed by atoms with Crippen molar-refractivity contribution in [1.29, 1.82) is 0 Å². The van der Waals surface area contributed by atoms with Crippen molar-refractivity contribution in [3.8, 4) is 5.69 Å². The molecule has 0 aliphatic heterocycles. The first kappa shape index (κ1) is 18.6. The third kappa shape index (κ3) is 4.91. The molecule has 0 saturated heterocycles. The average molecular weight is 384 g/mol. The summed E-state index contributed by atoms with van der Waals surface area (Å²) in [4.78, 5) is 22.3. The van der Waals surface area contributed by atoms with Crippen molar-refractivity contribution in [2.24, 2.45) is 0 Å². The number of hydrogen-bond donors (Lipinski definition) is 0. The van der Waals surface area contributed by atoms with Gasteiger partial charge in [-0.3, -0.25) is 19.5 Å². The zero-order chi connectivity index (χ0) is 19.2. The van der Waals surface area contributed by atoms with E-state index in [1.807, 2.05) is 31.2 Å². The third-order valence-corrected chi connectivity index (χ3v) is 4.59. The first-order chi connectivity index (χ1) is 13.0. The van der Waals surface area contributed by atoms with E-state index in [9.17, 15) is 14.9 Å². The molecule has 138 valence electrons. The summed E-state index contributed by atoms with van der Waals surface area (Å²) in [6, 6.07) is 13.9. The molecular formula is C18H16N4O4S. The van der Waals surface area contributed by atoms with E-state index in [4.69, 9.17) is 4.74 Å². The predicted molar refractivity (Wildman–Crippen MR) is 99.7 cm³/mol. The summed E-state index contributed by atoms with van der Waals surface area (Å²) in [6.07, 6.45) is 1.58. The van der Waals surface area contributed by atoms with Crippen molar-refractivity contribution in [3.63, 3.8) is 0 Å². The molecule has 0 aliphatic carbocycles. The Morgan fingerprint density at radius 1 is 1.26 bits per heavy atom. The molecular weight excluding hydrogens is 368 g/mol. The number of ether oxygens (including phenoxy) is 1. The maximum absolute atomic E-state index is 12.0. The van der Waals surface area contributed by atoms with E-state index in [-0.39, 0.29) is 18.0 Å². The topological polar surface area (TPSA) is 100 Å². The van der Waals surface area contributed by atoms with Crippen LogP contribution in [-0.2, 0) is 16.1 Å². The lowest BCUT2D eigenvalue weighted by atomic mass is 10.2. The highest BCUT2D eigenvalue weighted by molar-refractivity contribution is 7.99. The standard InChI is InChI=1S/C18H16N4O4S/c1-13-5-7-15(8-6-13)21-12-19-20-18(21)27-11-17(23)26-10-14-3-2-4-16(9-14)22(24)25/h2-9,12H,10-11H2,1H3. The number of non-ortho nitro benzene ring substituents is 1. The highest BCUT2D eigenvalue weighted by Crippen LogP contribution is 2.20. The molecule has 9 heteroatoms. The molecule has 0 radical (unpaired) electrons. The quantitative estimate of drug-likeness (QED) is 0.267. The van der Waals surface area contributed by atoms with E-state index < -0.39 is 10.9 Å². The number of nitrogens with zero attached hydrogens (tertiary/aromatic N) is 4. The second kappa shape index (κ2) is 8.45. The normalized spacial score (nSPS) is 10.6. The van der Waals surface area contributed by atoms with E-state index >= 15 is 0 Å². The summed E-state index contributed by atoms with van der Waals surface area (Å²) in [5.41, 5.74) is 2.57. The number of carbonyl (C=O) groups is 1. The summed E-state index contributed by atoms with van der Waals surface area (Å²) < 4.78 is 6.97. The largest absolute Gasteiger partial charge is 0.460 e. The Bertz CT molecular complexity index is 956. The van der Waals surface area contributed by atoms with Crippen molar-refractivity contribution in [1.82, 2.24) is 14.8 Å². The van der Waals surface area contributed by atoms with Gasteiger partial charge in [-0.05, 0) is 24.6 Å². The Morgan fingerprint density at radius 2 is 2.04 bits per heavy atom. The Hall–Kier alpha value is -3.20. The fourth-order valence-electron chi connectivity index (χ4n) is 2.29. The second-order valence-corrected chi connectivity index (χ2v) is 6.64. The Balaban J connectivity index is 1.56. The number of aryl methyl sites for hydroxylation is 1. The Labute approximate surface area is 159 Å². The van der Waals surface area contributed by atoms with Gasteiger partial charge in [-0.15, -0.1) is 10.2 Å². The number of thioether (sulfide) groups is 1. The van der Waals surface area contributed by atoms with Crippen LogP contribution in [0.15, 0.2) is 60.0 Å². The van der Waals surface area contributed by atoms with Gasteiger partial charge in [0.05, 0.1) is 10.7 Å². The highest BCUT2D eigenvalue weighted by Gasteiger charge is 2.12. The summed E-state index contributed by atoms with van der Waals surface area (Å²) >= 11 is 1.21. The Morgan fingerprint density at radius 3 is 2.78 bits per heavy atom. The summed E-state index contributed by atoms with van der Waals surface area (Å²) in [6.45, 7) is 1.98. The lowest BCUT2D eigenvalue weighted by Gasteiger charge is -2.07. The average Bonchev–Trinajstić information content (AvgIpc) is 3.14. The molecule has 0 saturated carbocycles. The van der Waals surface area contributed by atoms with Gasteiger partial charge in [-0.1, -0.05) is 41.6 Å². The molecule has 2 aromatic carbocycles. The smallest absolute Gasteiger partial charge is 0.316 e. The fraction of sp³-hybridized carbons (Fsp3) is 0.167. The van der Waals surface area contributed by atoms with Gasteiger partial charge >= 0.3 is 5.97 Å². The van der Waals surface area contributed by atoms with E-state index in [0.717, 1.165) is 11.3 Å². The minimum absolute atomic E-state index is 0.0221. The molecule has 3 rings (SSSR count). The fourth-order valence-corrected chi connectivity index (χ4v) is 3.02. The first-order valence-electron chi connectivity index (χ1n) is 8.02. The van der Waals surface area contributed by atoms with Crippen LogP contribution in [-0.4, -0.2) is 31.4 Å². The van der Waals surface area contributed by atoms with E-state index in [2.05, 4.69) is 10.2 Å². The van der Waals surface area contributed by atoms with Crippen molar-refractivity contribution in [2.75, 3.05) is 5.75 Å². The van der Waals surface area contributed by atoms with Gasteiger partial charge in [0.15, 0.2) is 5.16 Å². The van der Waals surface area contributed by atoms with E-state index in [1.54, 1.807) is 23.0 Å². The van der Waals surface area contributed by atoms with Crippen molar-refractivity contribution < 1.29 is 14.5 Å². The van der Waals surface area contributed by atoms with Crippen LogP contribution in [0.3, 0.4) is 0 Å². The maximum Gasteiger partial charge on any atom is 0.316 e. The molecule has 0 unspecified atom stereocenters. The predicted octanol–water partition coefficient (Wildman–Crippen LogP) is 3.32. The number of rotatable bonds is 7.